The predicted octanol–water partition coefficient (Wildman–Crippen LogP) is 4.95. The monoisotopic (exact) mass is 412 g/mol. The quantitative estimate of drug-likeness (QED) is 0.329. The Kier molecular flexibility index (Phi) is 3.78. The van der Waals surface area contributed by atoms with Gasteiger partial charge in [0.15, 0.2) is 4.96 Å². The number of para-hydroxylation sites is 2. The Hall–Kier alpha value is -3.48. The highest BCUT2D eigenvalue weighted by molar-refractivity contribution is 7.23. The van der Waals surface area contributed by atoms with Crippen molar-refractivity contribution in [2.24, 2.45) is 0 Å². The minimum Gasteiger partial charge on any atom is -0.426 e. The maximum absolute atomic E-state index is 13.1. The van der Waals surface area contributed by atoms with Gasteiger partial charge in [-0.15, -0.1) is 0 Å². The summed E-state index contributed by atoms with van der Waals surface area (Å²) in [5.74, 6) is -0.956. The highest BCUT2D eigenvalue weighted by atomic mass is 32.1. The van der Waals surface area contributed by atoms with Crippen LogP contribution in [-0.2, 0) is 4.79 Å². The van der Waals surface area contributed by atoms with Gasteiger partial charge >= 0.3 is 5.97 Å². The summed E-state index contributed by atoms with van der Waals surface area (Å²) in [6.45, 7) is 0. The Labute approximate surface area is 175 Å². The van der Waals surface area contributed by atoms with Crippen molar-refractivity contribution in [3.8, 4) is 17.0 Å². The van der Waals surface area contributed by atoms with Gasteiger partial charge in [0.1, 0.15) is 17.8 Å². The Morgan fingerprint density at radius 2 is 1.67 bits per heavy atom. The van der Waals surface area contributed by atoms with Crippen LogP contribution in [0, 0.1) is 0 Å². The zero-order chi connectivity index (χ0) is 20.2. The molecular weight excluding hydrogens is 396 g/mol. The summed E-state index contributed by atoms with van der Waals surface area (Å²) >= 11 is 1.56. The van der Waals surface area contributed by atoms with E-state index in [0.717, 1.165) is 20.7 Å². The van der Waals surface area contributed by atoms with Crippen molar-refractivity contribution in [3.63, 3.8) is 0 Å². The molecule has 3 aromatic carbocycles. The first kappa shape index (κ1) is 17.4. The van der Waals surface area contributed by atoms with Crippen LogP contribution in [0.1, 0.15) is 23.3 Å². The summed E-state index contributed by atoms with van der Waals surface area (Å²) in [5.41, 5.74) is 3.80. The number of carbonyl (C=O) groups excluding carboxylic acids is 1. The summed E-state index contributed by atoms with van der Waals surface area (Å²) < 4.78 is 8.69. The van der Waals surface area contributed by atoms with E-state index in [-0.39, 0.29) is 0 Å². The van der Waals surface area contributed by atoms with Gasteiger partial charge in [0.2, 0.25) is 0 Å². The number of hydrogen-bond acceptors (Lipinski definition) is 5. The van der Waals surface area contributed by atoms with Gasteiger partial charge in [0.25, 0.3) is 0 Å². The lowest BCUT2D eigenvalue weighted by atomic mass is 9.88. The van der Waals surface area contributed by atoms with Crippen LogP contribution in [0.15, 0.2) is 78.9 Å². The number of nitrogens with zero attached hydrogens (tertiary/aromatic N) is 2. The summed E-state index contributed by atoms with van der Waals surface area (Å²) in [4.78, 5) is 18.8. The lowest BCUT2D eigenvalue weighted by Gasteiger charge is -2.28. The fourth-order valence-corrected chi connectivity index (χ4v) is 5.23. The smallest absolute Gasteiger partial charge is 0.323 e. The summed E-state index contributed by atoms with van der Waals surface area (Å²) in [6.07, 6.45) is -1.02. The van der Waals surface area contributed by atoms with E-state index in [0.29, 0.717) is 22.7 Å². The number of hydrogen-bond donors (Lipinski definition) is 1. The molecule has 0 spiro atoms. The molecule has 0 bridgehead atoms. The van der Waals surface area contributed by atoms with Crippen LogP contribution >= 0.6 is 11.3 Å². The molecule has 1 aliphatic heterocycles. The summed E-state index contributed by atoms with van der Waals surface area (Å²) in [6, 6.07) is 24.9. The second-order valence-electron chi connectivity index (χ2n) is 7.28. The molecule has 0 aliphatic carbocycles. The Morgan fingerprint density at radius 1 is 0.933 bits per heavy atom. The lowest BCUT2D eigenvalue weighted by molar-refractivity contribution is -0.141. The van der Waals surface area contributed by atoms with Crippen LogP contribution in [-0.4, -0.2) is 20.5 Å². The Bertz CT molecular complexity index is 1420. The minimum absolute atomic E-state index is 0.406. The molecular formula is C24H16N2O3S. The maximum Gasteiger partial charge on any atom is 0.323 e. The molecule has 2 unspecified atom stereocenters. The molecule has 0 radical (unpaired) electrons. The van der Waals surface area contributed by atoms with Gasteiger partial charge in [0.05, 0.1) is 21.6 Å². The number of fused-ring (bicyclic) bond motifs is 4. The van der Waals surface area contributed by atoms with Crippen molar-refractivity contribution < 1.29 is 14.6 Å². The molecule has 6 rings (SSSR count). The number of aliphatic hydroxyl groups is 1. The Balaban J connectivity index is 1.67. The van der Waals surface area contributed by atoms with E-state index in [1.807, 2.05) is 65.1 Å². The first-order valence-electron chi connectivity index (χ1n) is 9.66. The number of aromatic nitrogens is 2. The molecule has 0 fully saturated rings. The number of thiazole rings is 1. The third kappa shape index (κ3) is 2.44. The van der Waals surface area contributed by atoms with Crippen molar-refractivity contribution in [1.29, 1.82) is 0 Å². The number of ether oxygens (including phenoxy) is 1. The molecule has 146 valence electrons. The van der Waals surface area contributed by atoms with Crippen molar-refractivity contribution in [1.82, 2.24) is 9.38 Å². The highest BCUT2D eigenvalue weighted by Crippen LogP contribution is 2.45. The fraction of sp³-hybridized carbons (Fsp3) is 0.0833. The number of imidazole rings is 1. The molecule has 5 aromatic rings. The first-order valence-corrected chi connectivity index (χ1v) is 10.5. The van der Waals surface area contributed by atoms with Crippen LogP contribution in [0.25, 0.3) is 26.4 Å². The fourth-order valence-electron chi connectivity index (χ4n) is 4.19. The standard InChI is InChI=1S/C24H16N2O3S/c27-22-15-10-4-6-12-17(15)29-23(28)19(22)21-20(14-8-2-1-3-9-14)25-24-26(21)16-11-5-7-13-18(16)30-24/h1-13,19,22,27H. The molecule has 2 atom stereocenters. The molecule has 1 aliphatic rings. The van der Waals surface area contributed by atoms with E-state index in [2.05, 4.69) is 0 Å². The molecule has 3 heterocycles. The predicted molar refractivity (Wildman–Crippen MR) is 116 cm³/mol. The minimum atomic E-state index is -1.02. The molecule has 0 amide bonds. The van der Waals surface area contributed by atoms with Gasteiger partial charge in [-0.25, -0.2) is 4.98 Å². The largest absolute Gasteiger partial charge is 0.426 e. The molecule has 30 heavy (non-hydrogen) atoms. The third-order valence-corrected chi connectivity index (χ3v) is 6.57. The van der Waals surface area contributed by atoms with Gasteiger partial charge < -0.3 is 9.84 Å². The van der Waals surface area contributed by atoms with Gasteiger partial charge in [-0.3, -0.25) is 9.20 Å². The zero-order valence-electron chi connectivity index (χ0n) is 15.7. The van der Waals surface area contributed by atoms with E-state index in [1.165, 1.54) is 0 Å². The van der Waals surface area contributed by atoms with Crippen LogP contribution in [0.2, 0.25) is 0 Å². The first-order chi connectivity index (χ1) is 14.7. The van der Waals surface area contributed by atoms with Gasteiger partial charge in [0, 0.05) is 11.1 Å². The molecule has 0 saturated carbocycles. The summed E-state index contributed by atoms with van der Waals surface area (Å²) in [7, 11) is 0. The number of esters is 1. The maximum atomic E-state index is 13.1. The van der Waals surface area contributed by atoms with Crippen molar-refractivity contribution in [2.75, 3.05) is 0 Å². The number of aliphatic hydroxyl groups excluding tert-OH is 1. The van der Waals surface area contributed by atoms with E-state index in [9.17, 15) is 9.90 Å². The van der Waals surface area contributed by atoms with Crippen LogP contribution in [0.4, 0.5) is 0 Å². The average molecular weight is 412 g/mol. The molecule has 2 aromatic heterocycles. The van der Waals surface area contributed by atoms with Crippen molar-refractivity contribution in [2.45, 2.75) is 12.0 Å². The average Bonchev–Trinajstić information content (AvgIpc) is 3.31. The second-order valence-corrected chi connectivity index (χ2v) is 8.29. The molecule has 0 saturated heterocycles. The molecule has 5 nitrogen and oxygen atoms in total. The number of benzene rings is 3. The van der Waals surface area contributed by atoms with Crippen LogP contribution in [0.3, 0.4) is 0 Å². The second kappa shape index (κ2) is 6.52. The van der Waals surface area contributed by atoms with Gasteiger partial charge in [-0.1, -0.05) is 72.0 Å². The molecule has 6 heteroatoms. The van der Waals surface area contributed by atoms with E-state index >= 15 is 0 Å². The van der Waals surface area contributed by atoms with Crippen molar-refractivity contribution >= 4 is 32.5 Å². The van der Waals surface area contributed by atoms with Crippen molar-refractivity contribution in [3.05, 3.63) is 90.1 Å². The highest BCUT2D eigenvalue weighted by Gasteiger charge is 2.42. The van der Waals surface area contributed by atoms with Gasteiger partial charge in [-0.2, -0.15) is 0 Å². The third-order valence-electron chi connectivity index (χ3n) is 5.55. The lowest BCUT2D eigenvalue weighted by Crippen LogP contribution is -2.31. The normalized spacial score (nSPS) is 18.5. The SMILES string of the molecule is O=C1Oc2ccccc2C(O)C1c1c(-c2ccccc2)nc2sc3ccccc3n12. The topological polar surface area (TPSA) is 63.8 Å². The Morgan fingerprint density at radius 3 is 2.53 bits per heavy atom. The zero-order valence-corrected chi connectivity index (χ0v) is 16.5. The van der Waals surface area contributed by atoms with Crippen LogP contribution < -0.4 is 4.74 Å². The molecule has 1 N–H and O–H groups in total. The van der Waals surface area contributed by atoms with E-state index < -0.39 is 18.0 Å². The van der Waals surface area contributed by atoms with E-state index in [4.69, 9.17) is 9.72 Å². The number of carbonyl (C=O) groups is 1. The number of rotatable bonds is 2. The van der Waals surface area contributed by atoms with Gasteiger partial charge in [-0.05, 0) is 18.2 Å². The van der Waals surface area contributed by atoms with Crippen LogP contribution in [0.5, 0.6) is 5.75 Å². The van der Waals surface area contributed by atoms with E-state index in [1.54, 1.807) is 29.5 Å². The summed E-state index contributed by atoms with van der Waals surface area (Å²) in [5, 5.41) is 11.3.